The van der Waals surface area contributed by atoms with Gasteiger partial charge in [-0.3, -0.25) is 10.1 Å². The van der Waals surface area contributed by atoms with Gasteiger partial charge in [0.2, 0.25) is 5.91 Å². The first-order valence-electron chi connectivity index (χ1n) is 4.79. The van der Waals surface area contributed by atoms with Crippen LogP contribution in [0.4, 0.5) is 28.0 Å². The Morgan fingerprint density at radius 2 is 1.95 bits per heavy atom. The molecule has 0 aromatic heterocycles. The molecule has 3 N–H and O–H groups in total. The summed E-state index contributed by atoms with van der Waals surface area (Å²) >= 11 is 0. The summed E-state index contributed by atoms with van der Waals surface area (Å²) in [5, 5.41) is 1.73. The average molecular weight is 280 g/mol. The van der Waals surface area contributed by atoms with Crippen molar-refractivity contribution in [3.8, 4) is 0 Å². The van der Waals surface area contributed by atoms with Gasteiger partial charge in [-0.1, -0.05) is 0 Å². The Labute approximate surface area is 104 Å². The van der Waals surface area contributed by atoms with Crippen LogP contribution in [-0.2, 0) is 4.74 Å². The van der Waals surface area contributed by atoms with E-state index in [1.165, 1.54) is 0 Å². The van der Waals surface area contributed by atoms with E-state index in [-0.39, 0.29) is 5.56 Å². The zero-order valence-corrected chi connectivity index (χ0v) is 9.25. The maximum Gasteiger partial charge on any atom is 0.422 e. The minimum Gasteiger partial charge on any atom is -0.440 e. The van der Waals surface area contributed by atoms with Crippen molar-refractivity contribution in [1.29, 1.82) is 0 Å². The Morgan fingerprint density at radius 3 is 2.47 bits per heavy atom. The summed E-state index contributed by atoms with van der Waals surface area (Å²) in [5.74, 6) is -1.83. The molecule has 0 saturated heterocycles. The van der Waals surface area contributed by atoms with E-state index in [9.17, 15) is 27.2 Å². The highest BCUT2D eigenvalue weighted by atomic mass is 19.4. The van der Waals surface area contributed by atoms with Gasteiger partial charge in [-0.15, -0.1) is 0 Å². The van der Waals surface area contributed by atoms with Gasteiger partial charge in [0.1, 0.15) is 5.82 Å². The molecule has 1 rings (SSSR count). The number of hydrogen-bond acceptors (Lipinski definition) is 3. The third-order valence-electron chi connectivity index (χ3n) is 1.85. The SMILES string of the molecule is NC(=O)c1ccc(F)c(NC(=O)OCC(F)(F)F)c1. The number of nitrogens with two attached hydrogens (primary N) is 1. The van der Waals surface area contributed by atoms with E-state index in [0.717, 1.165) is 18.2 Å². The quantitative estimate of drug-likeness (QED) is 0.831. The number of halogens is 4. The summed E-state index contributed by atoms with van der Waals surface area (Å²) in [7, 11) is 0. The van der Waals surface area contributed by atoms with Gasteiger partial charge in [-0.25, -0.2) is 9.18 Å². The Balaban J connectivity index is 2.73. The number of carbonyl (C=O) groups excluding carboxylic acids is 2. The molecule has 1 aromatic rings. The Bertz CT molecular complexity index is 502. The summed E-state index contributed by atoms with van der Waals surface area (Å²) in [6.07, 6.45) is -6.19. The number of nitrogens with one attached hydrogen (secondary N) is 1. The molecule has 0 bridgehead atoms. The standard InChI is InChI=1S/C10H8F4N2O3/c11-6-2-1-5(8(15)17)3-7(6)16-9(18)19-4-10(12,13)14/h1-3H,4H2,(H2,15,17)(H,16,18). The van der Waals surface area contributed by atoms with Crippen molar-refractivity contribution >= 4 is 17.7 Å². The van der Waals surface area contributed by atoms with E-state index in [1.54, 1.807) is 5.32 Å². The highest BCUT2D eigenvalue weighted by Crippen LogP contribution is 2.18. The summed E-state index contributed by atoms with van der Waals surface area (Å²) < 4.78 is 52.3. The van der Waals surface area contributed by atoms with E-state index in [4.69, 9.17) is 5.73 Å². The van der Waals surface area contributed by atoms with Gasteiger partial charge in [0, 0.05) is 5.56 Å². The molecule has 5 nitrogen and oxygen atoms in total. The second-order valence-electron chi connectivity index (χ2n) is 3.38. The summed E-state index contributed by atoms with van der Waals surface area (Å²) in [6.45, 7) is -1.81. The number of hydrogen-bond donors (Lipinski definition) is 2. The first kappa shape index (κ1) is 14.7. The second kappa shape index (κ2) is 5.55. The lowest BCUT2D eigenvalue weighted by Gasteiger charge is -2.10. The van der Waals surface area contributed by atoms with Gasteiger partial charge in [0.05, 0.1) is 5.69 Å². The van der Waals surface area contributed by atoms with Crippen LogP contribution in [0.3, 0.4) is 0 Å². The molecule has 9 heteroatoms. The maximum atomic E-state index is 13.2. The molecule has 0 spiro atoms. The van der Waals surface area contributed by atoms with Crippen LogP contribution < -0.4 is 11.1 Å². The molecule has 0 aliphatic rings. The summed E-state index contributed by atoms with van der Waals surface area (Å²) in [5.41, 5.74) is 4.30. The Kier molecular flexibility index (Phi) is 4.30. The van der Waals surface area contributed by atoms with E-state index < -0.39 is 36.3 Å². The van der Waals surface area contributed by atoms with Gasteiger partial charge in [-0.2, -0.15) is 13.2 Å². The fourth-order valence-corrected chi connectivity index (χ4v) is 1.07. The smallest absolute Gasteiger partial charge is 0.422 e. The average Bonchev–Trinajstić information content (AvgIpc) is 2.28. The topological polar surface area (TPSA) is 81.4 Å². The summed E-state index contributed by atoms with van der Waals surface area (Å²) in [4.78, 5) is 21.8. The summed E-state index contributed by atoms with van der Waals surface area (Å²) in [6, 6.07) is 2.77. The van der Waals surface area contributed by atoms with Crippen molar-refractivity contribution < 1.29 is 31.9 Å². The fraction of sp³-hybridized carbons (Fsp3) is 0.200. The van der Waals surface area contributed by atoms with Crippen LogP contribution in [0.5, 0.6) is 0 Å². The normalized spacial score (nSPS) is 10.9. The molecule has 104 valence electrons. The molecular weight excluding hydrogens is 272 g/mol. The molecule has 0 saturated carbocycles. The lowest BCUT2D eigenvalue weighted by molar-refractivity contribution is -0.159. The van der Waals surface area contributed by atoms with E-state index in [1.807, 2.05) is 0 Å². The van der Waals surface area contributed by atoms with Crippen molar-refractivity contribution in [3.05, 3.63) is 29.6 Å². The van der Waals surface area contributed by atoms with Crippen LogP contribution in [0.2, 0.25) is 0 Å². The van der Waals surface area contributed by atoms with Gasteiger partial charge in [-0.05, 0) is 18.2 Å². The minimum absolute atomic E-state index is 0.118. The number of primary amides is 1. The minimum atomic E-state index is -4.69. The number of ether oxygens (including phenoxy) is 1. The number of amides is 2. The van der Waals surface area contributed by atoms with Crippen LogP contribution >= 0.6 is 0 Å². The van der Waals surface area contributed by atoms with Crippen molar-refractivity contribution in [2.24, 2.45) is 5.73 Å². The van der Waals surface area contributed by atoms with E-state index >= 15 is 0 Å². The zero-order valence-electron chi connectivity index (χ0n) is 9.25. The van der Waals surface area contributed by atoms with Crippen molar-refractivity contribution in [2.75, 3.05) is 11.9 Å². The van der Waals surface area contributed by atoms with Gasteiger partial charge >= 0.3 is 12.3 Å². The highest BCUT2D eigenvalue weighted by Gasteiger charge is 2.29. The maximum absolute atomic E-state index is 13.2. The molecule has 0 aliphatic heterocycles. The molecular formula is C10H8F4N2O3. The first-order valence-corrected chi connectivity index (χ1v) is 4.79. The van der Waals surface area contributed by atoms with Crippen molar-refractivity contribution in [2.45, 2.75) is 6.18 Å². The first-order chi connectivity index (χ1) is 8.69. The molecule has 1 aromatic carbocycles. The van der Waals surface area contributed by atoms with Gasteiger partial charge in [0.15, 0.2) is 6.61 Å². The largest absolute Gasteiger partial charge is 0.440 e. The molecule has 0 fully saturated rings. The molecule has 0 unspecified atom stereocenters. The highest BCUT2D eigenvalue weighted by molar-refractivity contribution is 5.95. The van der Waals surface area contributed by atoms with Crippen LogP contribution in [0.1, 0.15) is 10.4 Å². The number of carbonyl (C=O) groups is 2. The van der Waals surface area contributed by atoms with Crippen LogP contribution in [0.25, 0.3) is 0 Å². The van der Waals surface area contributed by atoms with Crippen molar-refractivity contribution in [3.63, 3.8) is 0 Å². The third kappa shape index (κ3) is 4.82. The van der Waals surface area contributed by atoms with E-state index in [2.05, 4.69) is 4.74 Å². The molecule has 0 atom stereocenters. The molecule has 0 heterocycles. The third-order valence-corrected chi connectivity index (χ3v) is 1.85. The molecule has 0 aliphatic carbocycles. The molecule has 0 radical (unpaired) electrons. The molecule has 2 amide bonds. The number of anilines is 1. The predicted octanol–water partition coefficient (Wildman–Crippen LogP) is 2.04. The van der Waals surface area contributed by atoms with Crippen molar-refractivity contribution in [1.82, 2.24) is 0 Å². The van der Waals surface area contributed by atoms with Crippen LogP contribution in [0, 0.1) is 5.82 Å². The van der Waals surface area contributed by atoms with E-state index in [0.29, 0.717) is 0 Å². The zero-order chi connectivity index (χ0) is 14.6. The fourth-order valence-electron chi connectivity index (χ4n) is 1.07. The van der Waals surface area contributed by atoms with Gasteiger partial charge in [0.25, 0.3) is 0 Å². The second-order valence-corrected chi connectivity index (χ2v) is 3.38. The van der Waals surface area contributed by atoms with Crippen LogP contribution in [0.15, 0.2) is 18.2 Å². The predicted molar refractivity (Wildman–Crippen MR) is 55.9 cm³/mol. The Hall–Kier alpha value is -2.32. The molecule has 19 heavy (non-hydrogen) atoms. The number of rotatable bonds is 3. The Morgan fingerprint density at radius 1 is 1.32 bits per heavy atom. The van der Waals surface area contributed by atoms with Crippen LogP contribution in [-0.4, -0.2) is 24.8 Å². The lowest BCUT2D eigenvalue weighted by atomic mass is 10.2. The monoisotopic (exact) mass is 280 g/mol. The number of benzene rings is 1. The van der Waals surface area contributed by atoms with Gasteiger partial charge < -0.3 is 10.5 Å². The lowest BCUT2D eigenvalue weighted by Crippen LogP contribution is -2.24. The number of alkyl halides is 3.